The molecule has 0 fully saturated rings. The van der Waals surface area contributed by atoms with E-state index in [0.717, 1.165) is 0 Å². The Morgan fingerprint density at radius 1 is 1.40 bits per heavy atom. The lowest BCUT2D eigenvalue weighted by Crippen LogP contribution is -2.26. The number of hydrogen-bond acceptors (Lipinski definition) is 1. The molecule has 0 bridgehead atoms. The fourth-order valence-corrected chi connectivity index (χ4v) is 0.411. The quantitative estimate of drug-likeness (QED) is 0.616. The molecule has 0 aromatic heterocycles. The summed E-state index contributed by atoms with van der Waals surface area (Å²) in [5.41, 5.74) is 0. The summed E-state index contributed by atoms with van der Waals surface area (Å²) in [6.07, 6.45) is -4.09. The van der Waals surface area contributed by atoms with Crippen LogP contribution in [0, 0.1) is 12.3 Å². The predicted molar refractivity (Wildman–Crippen MR) is 26.9 cm³/mol. The molecular weight excluding hydrogens is 152 g/mol. The van der Waals surface area contributed by atoms with Gasteiger partial charge in [0.1, 0.15) is 6.67 Å². The van der Waals surface area contributed by atoms with Gasteiger partial charge in [-0.2, -0.15) is 13.2 Å². The Balaban J connectivity index is 3.81. The average molecular weight is 159 g/mol. The van der Waals surface area contributed by atoms with E-state index in [2.05, 4.69) is 0 Å². The molecule has 0 saturated heterocycles. The lowest BCUT2D eigenvalue weighted by atomic mass is 10.1. The maximum absolute atomic E-state index is 11.5. The van der Waals surface area contributed by atoms with Crippen molar-refractivity contribution in [3.63, 3.8) is 0 Å². The van der Waals surface area contributed by atoms with Crippen LogP contribution in [0.4, 0.5) is 17.6 Å². The van der Waals surface area contributed by atoms with E-state index in [1.165, 1.54) is 0 Å². The third kappa shape index (κ3) is 3.00. The van der Waals surface area contributed by atoms with E-state index in [-0.39, 0.29) is 0 Å². The van der Waals surface area contributed by atoms with Crippen molar-refractivity contribution in [3.8, 4) is 0 Å². The summed E-state index contributed by atoms with van der Waals surface area (Å²) in [7, 11) is 0. The van der Waals surface area contributed by atoms with Crippen LogP contribution in [0.25, 0.3) is 0 Å². The molecule has 1 unspecified atom stereocenters. The number of hydrogen-bond donors (Lipinski definition) is 1. The minimum Gasteiger partial charge on any atom is -0.396 e. The van der Waals surface area contributed by atoms with Gasteiger partial charge in [0.25, 0.3) is 0 Å². The van der Waals surface area contributed by atoms with E-state index in [1.54, 1.807) is 0 Å². The molecule has 0 amide bonds. The molecule has 1 radical (unpaired) electrons. The molecule has 0 aliphatic rings. The highest BCUT2D eigenvalue weighted by molar-refractivity contribution is 4.80. The number of aliphatic hydroxyl groups excluding tert-OH is 1. The number of aliphatic hydroxyl groups is 1. The first-order chi connectivity index (χ1) is 4.52. The van der Waals surface area contributed by atoms with Gasteiger partial charge in [-0.25, -0.2) is 0 Å². The second-order valence-corrected chi connectivity index (χ2v) is 1.72. The highest BCUT2D eigenvalue weighted by Gasteiger charge is 2.39. The first-order valence-corrected chi connectivity index (χ1v) is 2.59. The van der Waals surface area contributed by atoms with E-state index >= 15 is 0 Å². The standard InChI is InChI=1S/C5H7F4O/c6-3-4(1-2-10)5(7,8)9/h1,4,10H,2-3H2. The molecule has 10 heavy (non-hydrogen) atoms. The zero-order valence-electron chi connectivity index (χ0n) is 5.03. The molecule has 61 valence electrons. The average Bonchev–Trinajstić information content (AvgIpc) is 1.80. The van der Waals surface area contributed by atoms with Gasteiger partial charge < -0.3 is 5.11 Å². The van der Waals surface area contributed by atoms with Gasteiger partial charge in [0.15, 0.2) is 0 Å². The minimum atomic E-state index is -4.57. The van der Waals surface area contributed by atoms with Crippen LogP contribution in [-0.4, -0.2) is 24.6 Å². The molecule has 1 atom stereocenters. The smallest absolute Gasteiger partial charge is 0.394 e. The number of halogens is 4. The van der Waals surface area contributed by atoms with E-state index in [4.69, 9.17) is 5.11 Å². The second-order valence-electron chi connectivity index (χ2n) is 1.72. The maximum atomic E-state index is 11.5. The number of alkyl halides is 4. The molecule has 0 rings (SSSR count). The summed E-state index contributed by atoms with van der Waals surface area (Å²) in [5.74, 6) is -2.13. The fraction of sp³-hybridized carbons (Fsp3) is 0.800. The Morgan fingerprint density at radius 2 is 1.90 bits per heavy atom. The van der Waals surface area contributed by atoms with E-state index in [0.29, 0.717) is 6.42 Å². The molecule has 0 saturated carbocycles. The molecule has 0 aromatic rings. The predicted octanol–water partition coefficient (Wildman–Crippen LogP) is 1.33. The molecule has 1 nitrogen and oxygen atoms in total. The third-order valence-corrected chi connectivity index (χ3v) is 0.977. The summed E-state index contributed by atoms with van der Waals surface area (Å²) < 4.78 is 46.1. The van der Waals surface area contributed by atoms with Crippen LogP contribution in [0.1, 0.15) is 0 Å². The summed E-state index contributed by atoms with van der Waals surface area (Å²) in [6.45, 7) is -2.27. The molecule has 0 aliphatic heterocycles. The lowest BCUT2D eigenvalue weighted by Gasteiger charge is -2.14. The topological polar surface area (TPSA) is 20.2 Å². The Kier molecular flexibility index (Phi) is 3.63. The van der Waals surface area contributed by atoms with Crippen molar-refractivity contribution >= 4 is 0 Å². The summed E-state index contributed by atoms with van der Waals surface area (Å²) in [4.78, 5) is 0. The molecule has 0 heterocycles. The lowest BCUT2D eigenvalue weighted by molar-refractivity contribution is -0.170. The Hall–Kier alpha value is -0.320. The Bertz CT molecular complexity index is 90.1. The van der Waals surface area contributed by atoms with E-state index in [1.807, 2.05) is 0 Å². The molecular formula is C5H7F4O. The van der Waals surface area contributed by atoms with Gasteiger partial charge >= 0.3 is 6.18 Å². The van der Waals surface area contributed by atoms with Crippen molar-refractivity contribution in [3.05, 3.63) is 6.42 Å². The highest BCUT2D eigenvalue weighted by atomic mass is 19.4. The van der Waals surface area contributed by atoms with Crippen LogP contribution in [0.15, 0.2) is 0 Å². The first kappa shape index (κ1) is 9.68. The van der Waals surface area contributed by atoms with Gasteiger partial charge in [0.2, 0.25) is 0 Å². The van der Waals surface area contributed by atoms with Crippen LogP contribution in [-0.2, 0) is 0 Å². The molecule has 0 spiro atoms. The van der Waals surface area contributed by atoms with Crippen molar-refractivity contribution in [1.82, 2.24) is 0 Å². The van der Waals surface area contributed by atoms with Gasteiger partial charge in [-0.05, 0) is 0 Å². The van der Waals surface area contributed by atoms with Gasteiger partial charge in [-0.1, -0.05) is 0 Å². The van der Waals surface area contributed by atoms with Gasteiger partial charge in [-0.3, -0.25) is 4.39 Å². The monoisotopic (exact) mass is 159 g/mol. The summed E-state index contributed by atoms with van der Waals surface area (Å²) >= 11 is 0. The van der Waals surface area contributed by atoms with Crippen LogP contribution in [0.2, 0.25) is 0 Å². The first-order valence-electron chi connectivity index (χ1n) is 2.59. The van der Waals surface area contributed by atoms with Crippen LogP contribution >= 0.6 is 0 Å². The molecule has 5 heteroatoms. The molecule has 0 aliphatic carbocycles. The maximum Gasteiger partial charge on any atom is 0.394 e. The van der Waals surface area contributed by atoms with Crippen LogP contribution in [0.3, 0.4) is 0 Å². The normalized spacial score (nSPS) is 15.3. The molecule has 0 aromatic carbocycles. The Labute approximate surface area is 55.7 Å². The fourth-order valence-electron chi connectivity index (χ4n) is 0.411. The summed E-state index contributed by atoms with van der Waals surface area (Å²) in [6, 6.07) is 0. The third-order valence-electron chi connectivity index (χ3n) is 0.977. The van der Waals surface area contributed by atoms with Crippen molar-refractivity contribution in [2.75, 3.05) is 13.3 Å². The second kappa shape index (κ2) is 3.75. The molecule has 1 N–H and O–H groups in total. The zero-order chi connectivity index (χ0) is 8.20. The van der Waals surface area contributed by atoms with Gasteiger partial charge in [0, 0.05) is 13.0 Å². The van der Waals surface area contributed by atoms with Crippen molar-refractivity contribution in [2.45, 2.75) is 6.18 Å². The highest BCUT2D eigenvalue weighted by Crippen LogP contribution is 2.28. The van der Waals surface area contributed by atoms with Crippen molar-refractivity contribution in [1.29, 1.82) is 0 Å². The van der Waals surface area contributed by atoms with Gasteiger partial charge in [-0.15, -0.1) is 0 Å². The van der Waals surface area contributed by atoms with Crippen LogP contribution in [0.5, 0.6) is 0 Å². The largest absolute Gasteiger partial charge is 0.396 e. The SMILES string of the molecule is OC[CH]C(CF)C(F)(F)F. The van der Waals surface area contributed by atoms with Crippen molar-refractivity contribution < 1.29 is 22.7 Å². The summed E-state index contributed by atoms with van der Waals surface area (Å²) in [5, 5.41) is 8.01. The van der Waals surface area contributed by atoms with Crippen molar-refractivity contribution in [2.24, 2.45) is 5.92 Å². The minimum absolute atomic E-state index is 0.486. The number of rotatable bonds is 3. The van der Waals surface area contributed by atoms with E-state index in [9.17, 15) is 17.6 Å². The Morgan fingerprint density at radius 3 is 2.00 bits per heavy atom. The van der Waals surface area contributed by atoms with E-state index < -0.39 is 25.4 Å². The van der Waals surface area contributed by atoms with Gasteiger partial charge in [0.05, 0.1) is 5.92 Å². The van der Waals surface area contributed by atoms with Crippen LogP contribution < -0.4 is 0 Å². The zero-order valence-corrected chi connectivity index (χ0v) is 5.03.